The lowest BCUT2D eigenvalue weighted by Crippen LogP contribution is -2.50. The predicted octanol–water partition coefficient (Wildman–Crippen LogP) is 3.37. The van der Waals surface area contributed by atoms with Crippen LogP contribution in [-0.2, 0) is 20.8 Å². The number of hydrogen-bond donors (Lipinski definition) is 2. The first-order valence-corrected chi connectivity index (χ1v) is 9.83. The van der Waals surface area contributed by atoms with Gasteiger partial charge in [-0.15, -0.1) is 0 Å². The summed E-state index contributed by atoms with van der Waals surface area (Å²) in [5.74, 6) is -0.0437. The molecule has 1 amide bonds. The second-order valence-corrected chi connectivity index (χ2v) is 7.74. The van der Waals surface area contributed by atoms with Crippen molar-refractivity contribution in [2.75, 3.05) is 20.3 Å². The van der Waals surface area contributed by atoms with E-state index in [2.05, 4.69) is 5.16 Å². The maximum Gasteiger partial charge on any atom is 0.410 e. The summed E-state index contributed by atoms with van der Waals surface area (Å²) in [5, 5.41) is 12.3. The predicted molar refractivity (Wildman–Crippen MR) is 112 cm³/mol. The summed E-state index contributed by atoms with van der Waals surface area (Å²) in [6, 6.07) is 9.27. The van der Waals surface area contributed by atoms with Crippen molar-refractivity contribution in [1.29, 1.82) is 0 Å². The van der Waals surface area contributed by atoms with Crippen LogP contribution in [0.15, 0.2) is 35.5 Å². The van der Waals surface area contributed by atoms with E-state index in [9.17, 15) is 10.0 Å². The molecule has 1 aromatic carbocycles. The Morgan fingerprint density at radius 2 is 1.90 bits per heavy atom. The van der Waals surface area contributed by atoms with Gasteiger partial charge in [-0.1, -0.05) is 35.5 Å². The van der Waals surface area contributed by atoms with Gasteiger partial charge in [0.25, 0.3) is 0 Å². The summed E-state index contributed by atoms with van der Waals surface area (Å²) >= 11 is 0. The highest BCUT2D eigenvalue weighted by Gasteiger charge is 2.30. The quantitative estimate of drug-likeness (QED) is 0.251. The molecule has 0 spiro atoms. The van der Waals surface area contributed by atoms with E-state index in [0.29, 0.717) is 32.6 Å². The monoisotopic (exact) mass is 409 g/mol. The first-order valence-electron chi connectivity index (χ1n) is 9.83. The van der Waals surface area contributed by atoms with Gasteiger partial charge in [0.05, 0.1) is 25.4 Å². The van der Waals surface area contributed by atoms with Crippen LogP contribution in [-0.4, -0.2) is 60.0 Å². The molecule has 0 radical (unpaired) electrons. The van der Waals surface area contributed by atoms with Crippen LogP contribution in [0.1, 0.15) is 46.1 Å². The van der Waals surface area contributed by atoms with Crippen molar-refractivity contribution in [3.63, 3.8) is 0 Å². The second-order valence-electron chi connectivity index (χ2n) is 7.74. The van der Waals surface area contributed by atoms with Crippen molar-refractivity contribution in [2.45, 2.75) is 64.9 Å². The second kappa shape index (κ2) is 12.3. The molecule has 29 heavy (non-hydrogen) atoms. The van der Waals surface area contributed by atoms with Crippen LogP contribution in [0.3, 0.4) is 0 Å². The van der Waals surface area contributed by atoms with E-state index in [0.717, 1.165) is 5.56 Å². The van der Waals surface area contributed by atoms with Crippen LogP contribution >= 0.6 is 0 Å². The van der Waals surface area contributed by atoms with Crippen LogP contribution < -0.4 is 5.73 Å². The highest BCUT2D eigenvalue weighted by atomic mass is 16.6. The fraction of sp³-hybridized carbons (Fsp3) is 0.619. The Balaban J connectivity index is 2.69. The van der Waals surface area contributed by atoms with Crippen LogP contribution in [0.4, 0.5) is 4.79 Å². The lowest BCUT2D eigenvalue weighted by atomic mass is 10.1. The van der Waals surface area contributed by atoms with Crippen LogP contribution in [0, 0.1) is 0 Å². The number of nitrogens with zero attached hydrogens (tertiary/aromatic N) is 2. The minimum atomic E-state index is -0.638. The average molecular weight is 410 g/mol. The van der Waals surface area contributed by atoms with Crippen molar-refractivity contribution >= 4 is 11.9 Å². The molecular formula is C21H35N3O5. The van der Waals surface area contributed by atoms with Gasteiger partial charge in [0, 0.05) is 13.7 Å². The van der Waals surface area contributed by atoms with E-state index in [-0.39, 0.29) is 11.9 Å². The average Bonchev–Trinajstić information content (AvgIpc) is 2.68. The number of amides is 1. The molecule has 0 aliphatic rings. The number of amidine groups is 1. The Bertz CT molecular complexity index is 631. The molecule has 0 saturated heterocycles. The van der Waals surface area contributed by atoms with Gasteiger partial charge in [0.1, 0.15) is 5.60 Å². The Kier molecular flexibility index (Phi) is 10.5. The van der Waals surface area contributed by atoms with E-state index in [4.69, 9.17) is 19.9 Å². The Morgan fingerprint density at radius 3 is 2.41 bits per heavy atom. The molecule has 8 nitrogen and oxygen atoms in total. The largest absolute Gasteiger partial charge is 0.444 e. The molecule has 2 atom stereocenters. The number of oxime groups is 1. The SMILES string of the molecule is CCN(C(=O)OC(C)(C)C)C(CCC(COCc1ccccc1)OC)/C(N)=N\O. The van der Waals surface area contributed by atoms with Gasteiger partial charge in [-0.25, -0.2) is 4.79 Å². The van der Waals surface area contributed by atoms with E-state index >= 15 is 0 Å². The zero-order chi connectivity index (χ0) is 21.9. The van der Waals surface area contributed by atoms with E-state index in [1.54, 1.807) is 27.9 Å². The summed E-state index contributed by atoms with van der Waals surface area (Å²) in [7, 11) is 1.61. The number of carbonyl (C=O) groups excluding carboxylic acids is 1. The molecule has 0 heterocycles. The zero-order valence-electron chi connectivity index (χ0n) is 18.1. The summed E-state index contributed by atoms with van der Waals surface area (Å²) in [6.45, 7) is 8.44. The number of likely N-dealkylation sites (N-methyl/N-ethyl adjacent to an activating group) is 1. The normalized spacial score (nSPS) is 14.3. The molecule has 0 bridgehead atoms. The highest BCUT2D eigenvalue weighted by molar-refractivity contribution is 5.88. The van der Waals surface area contributed by atoms with Gasteiger partial charge in [-0.2, -0.15) is 0 Å². The standard InChI is InChI=1S/C21H35N3O5/c1-6-24(20(25)29-21(2,3)4)18(19(22)23-26)13-12-17(27-5)15-28-14-16-10-8-7-9-11-16/h7-11,17-18,26H,6,12-15H2,1-5H3,(H2,22,23). The number of benzene rings is 1. The molecule has 0 aliphatic carbocycles. The van der Waals surface area contributed by atoms with Gasteiger partial charge in [0.2, 0.25) is 0 Å². The molecule has 1 rings (SSSR count). The third-order valence-corrected chi connectivity index (χ3v) is 4.31. The number of rotatable bonds is 11. The lowest BCUT2D eigenvalue weighted by Gasteiger charge is -2.32. The number of ether oxygens (including phenoxy) is 3. The Hall–Kier alpha value is -2.32. The first kappa shape index (κ1) is 24.7. The third kappa shape index (κ3) is 9.15. The van der Waals surface area contributed by atoms with Crippen molar-refractivity contribution < 1.29 is 24.2 Å². The van der Waals surface area contributed by atoms with Crippen LogP contribution in [0.5, 0.6) is 0 Å². The number of hydrogen-bond acceptors (Lipinski definition) is 6. The molecule has 0 fully saturated rings. The molecule has 0 aromatic heterocycles. The maximum atomic E-state index is 12.6. The maximum absolute atomic E-state index is 12.6. The zero-order valence-corrected chi connectivity index (χ0v) is 18.1. The van der Waals surface area contributed by atoms with Crippen LogP contribution in [0.2, 0.25) is 0 Å². The van der Waals surface area contributed by atoms with Crippen molar-refractivity contribution in [3.8, 4) is 0 Å². The Morgan fingerprint density at radius 1 is 1.24 bits per heavy atom. The van der Waals surface area contributed by atoms with Crippen molar-refractivity contribution in [3.05, 3.63) is 35.9 Å². The number of carbonyl (C=O) groups is 1. The molecule has 8 heteroatoms. The molecule has 0 aliphatic heterocycles. The first-order chi connectivity index (χ1) is 13.7. The summed E-state index contributed by atoms with van der Waals surface area (Å²) in [6.07, 6.45) is 0.303. The molecule has 164 valence electrons. The molecule has 2 unspecified atom stereocenters. The van der Waals surface area contributed by atoms with Crippen molar-refractivity contribution in [1.82, 2.24) is 4.90 Å². The van der Waals surface area contributed by atoms with Gasteiger partial charge in [-0.05, 0) is 46.1 Å². The number of methoxy groups -OCH3 is 1. The van der Waals surface area contributed by atoms with Gasteiger partial charge in [0.15, 0.2) is 5.84 Å². The summed E-state index contributed by atoms with van der Waals surface area (Å²) in [5.41, 5.74) is 6.32. The summed E-state index contributed by atoms with van der Waals surface area (Å²) in [4.78, 5) is 14.0. The Labute approximate surface area is 173 Å². The van der Waals surface area contributed by atoms with Gasteiger partial charge < -0.3 is 25.2 Å². The number of nitrogens with two attached hydrogens (primary N) is 1. The fourth-order valence-corrected chi connectivity index (χ4v) is 2.82. The third-order valence-electron chi connectivity index (χ3n) is 4.31. The van der Waals surface area contributed by atoms with Crippen LogP contribution in [0.25, 0.3) is 0 Å². The fourth-order valence-electron chi connectivity index (χ4n) is 2.82. The molecule has 0 saturated carbocycles. The van der Waals surface area contributed by atoms with E-state index in [1.807, 2.05) is 37.3 Å². The lowest BCUT2D eigenvalue weighted by molar-refractivity contribution is -0.00709. The topological polar surface area (TPSA) is 107 Å². The minimum absolute atomic E-state index is 0.0437. The van der Waals surface area contributed by atoms with Crippen molar-refractivity contribution in [2.24, 2.45) is 10.9 Å². The van der Waals surface area contributed by atoms with E-state index < -0.39 is 17.7 Å². The smallest absolute Gasteiger partial charge is 0.410 e. The summed E-state index contributed by atoms with van der Waals surface area (Å²) < 4.78 is 16.7. The highest BCUT2D eigenvalue weighted by Crippen LogP contribution is 2.17. The molecule has 1 aromatic rings. The van der Waals surface area contributed by atoms with Gasteiger partial charge >= 0.3 is 6.09 Å². The molecular weight excluding hydrogens is 374 g/mol. The minimum Gasteiger partial charge on any atom is -0.444 e. The van der Waals surface area contributed by atoms with Gasteiger partial charge in [-0.3, -0.25) is 4.90 Å². The van der Waals surface area contributed by atoms with E-state index in [1.165, 1.54) is 4.90 Å². The molecule has 3 N–H and O–H groups in total.